The minimum atomic E-state index is -0.266. The third-order valence-corrected chi connectivity index (χ3v) is 5.14. The van der Waals surface area contributed by atoms with Gasteiger partial charge in [0.25, 0.3) is 0 Å². The van der Waals surface area contributed by atoms with Crippen molar-refractivity contribution in [2.45, 2.75) is 13.1 Å². The molecule has 25 heavy (non-hydrogen) atoms. The van der Waals surface area contributed by atoms with E-state index in [0.29, 0.717) is 36.7 Å². The van der Waals surface area contributed by atoms with Crippen molar-refractivity contribution in [3.8, 4) is 11.5 Å². The molecule has 2 aromatic carbocycles. The summed E-state index contributed by atoms with van der Waals surface area (Å²) in [5, 5.41) is 9.37. The number of hydrogen-bond donors (Lipinski definition) is 1. The van der Waals surface area contributed by atoms with E-state index in [4.69, 9.17) is 9.47 Å². The normalized spacial score (nSPS) is 11.0. The molecule has 0 radical (unpaired) electrons. The van der Waals surface area contributed by atoms with Gasteiger partial charge in [0.1, 0.15) is 5.82 Å². The van der Waals surface area contributed by atoms with E-state index in [1.165, 1.54) is 6.07 Å². The van der Waals surface area contributed by atoms with Gasteiger partial charge in [-0.15, -0.1) is 0 Å². The maximum absolute atomic E-state index is 14.0. The SMILES string of the molecule is COc1ccc(CN(CCO)Cc2cc(Br)ccc2F)c(Br)c1OC. The maximum atomic E-state index is 14.0. The van der Waals surface area contributed by atoms with Crippen molar-refractivity contribution in [1.29, 1.82) is 0 Å². The molecular formula is C18H20Br2FNO3. The van der Waals surface area contributed by atoms with Crippen LogP contribution in [0.5, 0.6) is 11.5 Å². The summed E-state index contributed by atoms with van der Waals surface area (Å²) in [5.41, 5.74) is 1.53. The lowest BCUT2D eigenvalue weighted by molar-refractivity contribution is 0.182. The lowest BCUT2D eigenvalue weighted by Crippen LogP contribution is -2.26. The van der Waals surface area contributed by atoms with Crippen LogP contribution in [0.1, 0.15) is 11.1 Å². The number of aliphatic hydroxyl groups excluding tert-OH is 1. The van der Waals surface area contributed by atoms with Crippen molar-refractivity contribution in [2.24, 2.45) is 0 Å². The molecule has 0 fully saturated rings. The van der Waals surface area contributed by atoms with E-state index < -0.39 is 0 Å². The van der Waals surface area contributed by atoms with Gasteiger partial charge in [-0.2, -0.15) is 0 Å². The Labute approximate surface area is 163 Å². The third-order valence-electron chi connectivity index (χ3n) is 3.78. The predicted octanol–water partition coefficient (Wildman–Crippen LogP) is 4.36. The highest BCUT2D eigenvalue weighted by atomic mass is 79.9. The zero-order chi connectivity index (χ0) is 18.4. The van der Waals surface area contributed by atoms with Crippen molar-refractivity contribution in [2.75, 3.05) is 27.4 Å². The van der Waals surface area contributed by atoms with Crippen LogP contribution in [0.25, 0.3) is 0 Å². The second-order valence-electron chi connectivity index (χ2n) is 5.44. The first-order valence-electron chi connectivity index (χ1n) is 7.66. The van der Waals surface area contributed by atoms with Gasteiger partial charge in [0.05, 0.1) is 25.3 Å². The molecule has 0 bridgehead atoms. The third kappa shape index (κ3) is 5.17. The molecule has 0 atom stereocenters. The molecule has 7 heteroatoms. The smallest absolute Gasteiger partial charge is 0.175 e. The van der Waals surface area contributed by atoms with Crippen LogP contribution >= 0.6 is 31.9 Å². The van der Waals surface area contributed by atoms with E-state index in [-0.39, 0.29) is 12.4 Å². The van der Waals surface area contributed by atoms with Crippen LogP contribution in [0.4, 0.5) is 4.39 Å². The lowest BCUT2D eigenvalue weighted by atomic mass is 10.1. The molecule has 2 aromatic rings. The van der Waals surface area contributed by atoms with E-state index in [9.17, 15) is 9.50 Å². The van der Waals surface area contributed by atoms with Gasteiger partial charge in [-0.3, -0.25) is 4.90 Å². The Morgan fingerprint density at radius 2 is 1.76 bits per heavy atom. The molecule has 2 rings (SSSR count). The Kier molecular flexibility index (Phi) is 7.68. The number of ether oxygens (including phenoxy) is 2. The monoisotopic (exact) mass is 475 g/mol. The Balaban J connectivity index is 2.26. The van der Waals surface area contributed by atoms with Crippen LogP contribution in [0.2, 0.25) is 0 Å². The molecule has 0 aliphatic heterocycles. The minimum Gasteiger partial charge on any atom is -0.493 e. The van der Waals surface area contributed by atoms with Gasteiger partial charge in [-0.25, -0.2) is 4.39 Å². The van der Waals surface area contributed by atoms with Crippen LogP contribution in [-0.4, -0.2) is 37.4 Å². The van der Waals surface area contributed by atoms with E-state index in [1.807, 2.05) is 17.0 Å². The van der Waals surface area contributed by atoms with Gasteiger partial charge in [-0.05, 0) is 45.8 Å². The fourth-order valence-corrected chi connectivity index (χ4v) is 3.58. The average Bonchev–Trinajstić information content (AvgIpc) is 2.59. The maximum Gasteiger partial charge on any atom is 0.175 e. The number of halogens is 3. The van der Waals surface area contributed by atoms with Crippen molar-refractivity contribution in [1.82, 2.24) is 4.90 Å². The molecule has 136 valence electrons. The number of nitrogens with zero attached hydrogens (tertiary/aromatic N) is 1. The first-order valence-corrected chi connectivity index (χ1v) is 9.25. The first-order chi connectivity index (χ1) is 12.0. The molecular weight excluding hydrogens is 457 g/mol. The zero-order valence-electron chi connectivity index (χ0n) is 14.1. The second kappa shape index (κ2) is 9.52. The average molecular weight is 477 g/mol. The zero-order valence-corrected chi connectivity index (χ0v) is 17.2. The Morgan fingerprint density at radius 3 is 2.40 bits per heavy atom. The summed E-state index contributed by atoms with van der Waals surface area (Å²) in [6, 6.07) is 8.61. The van der Waals surface area contributed by atoms with Gasteiger partial charge in [-0.1, -0.05) is 22.0 Å². The van der Waals surface area contributed by atoms with Gasteiger partial charge in [0, 0.05) is 29.7 Å². The van der Waals surface area contributed by atoms with Gasteiger partial charge < -0.3 is 14.6 Å². The first kappa shape index (κ1) is 20.2. The summed E-state index contributed by atoms with van der Waals surface area (Å²) in [5.74, 6) is 0.972. The summed E-state index contributed by atoms with van der Waals surface area (Å²) >= 11 is 6.91. The van der Waals surface area contributed by atoms with Crippen LogP contribution in [0.3, 0.4) is 0 Å². The topological polar surface area (TPSA) is 41.9 Å². The number of hydrogen-bond acceptors (Lipinski definition) is 4. The Bertz CT molecular complexity index is 728. The molecule has 0 heterocycles. The Hall–Kier alpha value is -1.15. The van der Waals surface area contributed by atoms with E-state index >= 15 is 0 Å². The highest BCUT2D eigenvalue weighted by molar-refractivity contribution is 9.10. The molecule has 1 N–H and O–H groups in total. The predicted molar refractivity (Wildman–Crippen MR) is 103 cm³/mol. The second-order valence-corrected chi connectivity index (χ2v) is 7.15. The van der Waals surface area contributed by atoms with Gasteiger partial charge in [0.2, 0.25) is 0 Å². The minimum absolute atomic E-state index is 0.0134. The van der Waals surface area contributed by atoms with Crippen LogP contribution in [0.15, 0.2) is 39.3 Å². The van der Waals surface area contributed by atoms with E-state index in [1.54, 1.807) is 26.4 Å². The summed E-state index contributed by atoms with van der Waals surface area (Å²) in [6.07, 6.45) is 0. The highest BCUT2D eigenvalue weighted by Crippen LogP contribution is 2.38. The fraction of sp³-hybridized carbons (Fsp3) is 0.333. The molecule has 0 spiro atoms. The molecule has 0 unspecified atom stereocenters. The largest absolute Gasteiger partial charge is 0.493 e. The van der Waals surface area contributed by atoms with Crippen molar-refractivity contribution in [3.05, 3.63) is 56.2 Å². The molecule has 0 aliphatic rings. The molecule has 4 nitrogen and oxygen atoms in total. The highest BCUT2D eigenvalue weighted by Gasteiger charge is 2.16. The quantitative estimate of drug-likeness (QED) is 0.614. The van der Waals surface area contributed by atoms with E-state index in [0.717, 1.165) is 14.5 Å². The van der Waals surface area contributed by atoms with E-state index in [2.05, 4.69) is 31.9 Å². The molecule has 0 saturated carbocycles. The molecule has 0 saturated heterocycles. The van der Waals surface area contributed by atoms with Crippen LogP contribution in [-0.2, 0) is 13.1 Å². The van der Waals surface area contributed by atoms with Crippen LogP contribution < -0.4 is 9.47 Å². The number of benzene rings is 2. The summed E-state index contributed by atoms with van der Waals surface area (Å²) in [6.45, 7) is 1.31. The van der Waals surface area contributed by atoms with Gasteiger partial charge in [0.15, 0.2) is 11.5 Å². The van der Waals surface area contributed by atoms with Crippen molar-refractivity contribution in [3.63, 3.8) is 0 Å². The number of rotatable bonds is 8. The fourth-order valence-electron chi connectivity index (χ4n) is 2.55. The lowest BCUT2D eigenvalue weighted by Gasteiger charge is -2.23. The van der Waals surface area contributed by atoms with Crippen LogP contribution in [0, 0.1) is 5.82 Å². The summed E-state index contributed by atoms with van der Waals surface area (Å²) in [4.78, 5) is 1.97. The van der Waals surface area contributed by atoms with Crippen molar-refractivity contribution < 1.29 is 19.0 Å². The Morgan fingerprint density at radius 1 is 1.04 bits per heavy atom. The number of methoxy groups -OCH3 is 2. The molecule has 0 amide bonds. The van der Waals surface area contributed by atoms with Gasteiger partial charge >= 0.3 is 0 Å². The standard InChI is InChI=1S/C18H20Br2FNO3/c1-24-16-6-3-12(17(20)18(16)25-2)10-22(7-8-23)11-13-9-14(19)4-5-15(13)21/h3-6,9,23H,7-8,10-11H2,1-2H3. The summed E-state index contributed by atoms with van der Waals surface area (Å²) < 4.78 is 26.3. The number of aliphatic hydroxyl groups is 1. The molecule has 0 aliphatic carbocycles. The summed E-state index contributed by atoms with van der Waals surface area (Å²) in [7, 11) is 3.16. The van der Waals surface area contributed by atoms with Crippen molar-refractivity contribution >= 4 is 31.9 Å². The molecule has 0 aromatic heterocycles.